The maximum atomic E-state index is 5.62. The fraction of sp³-hybridized carbons (Fsp3) is 0.400. The van der Waals surface area contributed by atoms with Crippen molar-refractivity contribution in [2.45, 2.75) is 6.92 Å². The quantitative estimate of drug-likeness (QED) is 0.516. The monoisotopic (exact) mass is 307 g/mol. The second kappa shape index (κ2) is 6.08. The molecule has 0 unspecified atom stereocenters. The molecule has 0 spiro atoms. The number of benzene rings is 1. The molecule has 4 heteroatoms. The molecule has 1 aromatic carbocycles. The third-order valence-corrected chi connectivity index (χ3v) is 2.49. The molecule has 14 heavy (non-hydrogen) atoms. The van der Waals surface area contributed by atoms with Crippen molar-refractivity contribution in [2.24, 2.45) is 0 Å². The van der Waals surface area contributed by atoms with Gasteiger partial charge in [-0.2, -0.15) is 0 Å². The zero-order valence-electron chi connectivity index (χ0n) is 8.13. The Labute approximate surface area is 97.7 Å². The molecule has 1 rings (SSSR count). The molecule has 0 saturated heterocycles. The molecule has 0 radical (unpaired) electrons. The van der Waals surface area contributed by atoms with E-state index in [9.17, 15) is 0 Å². The van der Waals surface area contributed by atoms with Gasteiger partial charge in [0.1, 0.15) is 12.4 Å². The molecule has 1 aromatic rings. The van der Waals surface area contributed by atoms with Gasteiger partial charge in [0.15, 0.2) is 0 Å². The summed E-state index contributed by atoms with van der Waals surface area (Å²) in [5.74, 6) is 0.861. The molecule has 0 aliphatic rings. The number of hydrogen-bond donors (Lipinski definition) is 1. The Hall–Kier alpha value is -0.490. The summed E-state index contributed by atoms with van der Waals surface area (Å²) < 4.78 is 11.7. The van der Waals surface area contributed by atoms with Crippen molar-refractivity contribution in [3.63, 3.8) is 0 Å². The summed E-state index contributed by atoms with van der Waals surface area (Å²) >= 11 is 2.20. The van der Waals surface area contributed by atoms with E-state index in [4.69, 9.17) is 15.2 Å². The molecule has 2 N–H and O–H groups in total. The SMILES string of the molecule is CCOCCOc1ccc(N)cc1I. The molecule has 0 aliphatic carbocycles. The minimum absolute atomic E-state index is 0.577. The summed E-state index contributed by atoms with van der Waals surface area (Å²) in [7, 11) is 0. The highest BCUT2D eigenvalue weighted by atomic mass is 127. The van der Waals surface area contributed by atoms with Crippen molar-refractivity contribution in [1.29, 1.82) is 0 Å². The highest BCUT2D eigenvalue weighted by Gasteiger charge is 2.00. The Balaban J connectivity index is 2.42. The first-order chi connectivity index (χ1) is 6.74. The average Bonchev–Trinajstić information content (AvgIpc) is 2.15. The molecule has 0 heterocycles. The standard InChI is InChI=1S/C10H14INO2/c1-2-13-5-6-14-10-4-3-8(12)7-9(10)11/h3-4,7H,2,5-6,12H2,1H3. The second-order valence-corrected chi connectivity index (χ2v) is 3.90. The third-order valence-electron chi connectivity index (χ3n) is 1.65. The van der Waals surface area contributed by atoms with E-state index in [1.807, 2.05) is 25.1 Å². The molecule has 3 nitrogen and oxygen atoms in total. The Morgan fingerprint density at radius 3 is 2.79 bits per heavy atom. The van der Waals surface area contributed by atoms with Crippen LogP contribution in [-0.2, 0) is 4.74 Å². The largest absolute Gasteiger partial charge is 0.490 e. The Kier molecular flexibility index (Phi) is 5.03. The van der Waals surface area contributed by atoms with Crippen LogP contribution in [0.15, 0.2) is 18.2 Å². The van der Waals surface area contributed by atoms with Crippen LogP contribution >= 0.6 is 22.6 Å². The Morgan fingerprint density at radius 2 is 2.14 bits per heavy atom. The molecule has 0 atom stereocenters. The maximum absolute atomic E-state index is 5.62. The molecule has 0 saturated carbocycles. The summed E-state index contributed by atoms with van der Waals surface area (Å²) in [6.45, 7) is 3.89. The van der Waals surface area contributed by atoms with Gasteiger partial charge in [-0.05, 0) is 47.7 Å². The van der Waals surface area contributed by atoms with Crippen LogP contribution in [0.3, 0.4) is 0 Å². The molecule has 78 valence electrons. The van der Waals surface area contributed by atoms with E-state index in [2.05, 4.69) is 22.6 Å². The molecular weight excluding hydrogens is 293 g/mol. The molecule has 0 aromatic heterocycles. The third kappa shape index (κ3) is 3.71. The second-order valence-electron chi connectivity index (χ2n) is 2.74. The number of rotatable bonds is 5. The number of nitrogen functional groups attached to an aromatic ring is 1. The van der Waals surface area contributed by atoms with Crippen LogP contribution in [0, 0.1) is 3.57 Å². The van der Waals surface area contributed by atoms with Crippen molar-refractivity contribution in [3.8, 4) is 5.75 Å². The van der Waals surface area contributed by atoms with Crippen molar-refractivity contribution < 1.29 is 9.47 Å². The fourth-order valence-electron chi connectivity index (χ4n) is 0.989. The van der Waals surface area contributed by atoms with E-state index in [0.717, 1.165) is 21.6 Å². The van der Waals surface area contributed by atoms with Crippen LogP contribution < -0.4 is 10.5 Å². The minimum atomic E-state index is 0.577. The van der Waals surface area contributed by atoms with E-state index in [0.29, 0.717) is 13.2 Å². The first-order valence-electron chi connectivity index (χ1n) is 4.49. The zero-order valence-corrected chi connectivity index (χ0v) is 10.3. The van der Waals surface area contributed by atoms with E-state index in [1.54, 1.807) is 0 Å². The lowest BCUT2D eigenvalue weighted by Gasteiger charge is -2.08. The predicted octanol–water partition coefficient (Wildman–Crippen LogP) is 2.29. The number of nitrogens with two attached hydrogens (primary N) is 1. The smallest absolute Gasteiger partial charge is 0.132 e. The normalized spacial score (nSPS) is 10.1. The molecule has 0 aliphatic heterocycles. The minimum Gasteiger partial charge on any atom is -0.490 e. The van der Waals surface area contributed by atoms with Crippen LogP contribution in [-0.4, -0.2) is 19.8 Å². The van der Waals surface area contributed by atoms with Gasteiger partial charge in [-0.15, -0.1) is 0 Å². The Bertz CT molecular complexity index is 291. The van der Waals surface area contributed by atoms with Crippen LogP contribution in [0.1, 0.15) is 6.92 Å². The van der Waals surface area contributed by atoms with E-state index in [-0.39, 0.29) is 0 Å². The summed E-state index contributed by atoms with van der Waals surface area (Å²) in [6.07, 6.45) is 0. The highest BCUT2D eigenvalue weighted by Crippen LogP contribution is 2.22. The van der Waals surface area contributed by atoms with Gasteiger partial charge in [-0.3, -0.25) is 0 Å². The summed E-state index contributed by atoms with van der Waals surface area (Å²) in [5, 5.41) is 0. The van der Waals surface area contributed by atoms with Gasteiger partial charge >= 0.3 is 0 Å². The number of ether oxygens (including phenoxy) is 2. The van der Waals surface area contributed by atoms with Crippen LogP contribution in [0.25, 0.3) is 0 Å². The van der Waals surface area contributed by atoms with Gasteiger partial charge in [0.25, 0.3) is 0 Å². The van der Waals surface area contributed by atoms with Gasteiger partial charge in [0.05, 0.1) is 10.2 Å². The number of hydrogen-bond acceptors (Lipinski definition) is 3. The lowest BCUT2D eigenvalue weighted by atomic mass is 10.3. The topological polar surface area (TPSA) is 44.5 Å². The first-order valence-corrected chi connectivity index (χ1v) is 5.57. The lowest BCUT2D eigenvalue weighted by Crippen LogP contribution is -2.07. The molecular formula is C10H14INO2. The van der Waals surface area contributed by atoms with Crippen LogP contribution in [0.2, 0.25) is 0 Å². The Morgan fingerprint density at radius 1 is 1.36 bits per heavy atom. The first kappa shape index (κ1) is 11.6. The summed E-state index contributed by atoms with van der Waals surface area (Å²) in [4.78, 5) is 0. The maximum Gasteiger partial charge on any atom is 0.132 e. The lowest BCUT2D eigenvalue weighted by molar-refractivity contribution is 0.110. The molecule has 0 amide bonds. The summed E-state index contributed by atoms with van der Waals surface area (Å²) in [6, 6.07) is 5.60. The highest BCUT2D eigenvalue weighted by molar-refractivity contribution is 14.1. The van der Waals surface area contributed by atoms with Gasteiger partial charge in [-0.25, -0.2) is 0 Å². The van der Waals surface area contributed by atoms with Crippen molar-refractivity contribution in [2.75, 3.05) is 25.6 Å². The van der Waals surface area contributed by atoms with Crippen LogP contribution in [0.5, 0.6) is 5.75 Å². The van der Waals surface area contributed by atoms with Crippen LogP contribution in [0.4, 0.5) is 5.69 Å². The molecule has 0 bridgehead atoms. The summed E-state index contributed by atoms with van der Waals surface area (Å²) in [5.41, 5.74) is 6.37. The van der Waals surface area contributed by atoms with E-state index < -0.39 is 0 Å². The average molecular weight is 307 g/mol. The van der Waals surface area contributed by atoms with Crippen molar-refractivity contribution in [1.82, 2.24) is 0 Å². The van der Waals surface area contributed by atoms with Crippen molar-refractivity contribution >= 4 is 28.3 Å². The van der Waals surface area contributed by atoms with Gasteiger partial charge in [0.2, 0.25) is 0 Å². The fourth-order valence-corrected chi connectivity index (χ4v) is 1.68. The van der Waals surface area contributed by atoms with Gasteiger partial charge in [-0.1, -0.05) is 0 Å². The molecule has 0 fully saturated rings. The van der Waals surface area contributed by atoms with E-state index in [1.165, 1.54) is 0 Å². The number of halogens is 1. The number of anilines is 1. The van der Waals surface area contributed by atoms with Gasteiger partial charge < -0.3 is 15.2 Å². The predicted molar refractivity (Wildman–Crippen MR) is 65.6 cm³/mol. The van der Waals surface area contributed by atoms with Gasteiger partial charge in [0, 0.05) is 12.3 Å². The zero-order chi connectivity index (χ0) is 10.4. The van der Waals surface area contributed by atoms with Crippen molar-refractivity contribution in [3.05, 3.63) is 21.8 Å². The van der Waals surface area contributed by atoms with E-state index >= 15 is 0 Å².